The van der Waals surface area contributed by atoms with Crippen molar-refractivity contribution < 1.29 is 13.2 Å². The summed E-state index contributed by atoms with van der Waals surface area (Å²) in [6, 6.07) is 11.2. The van der Waals surface area contributed by atoms with E-state index in [-0.39, 0.29) is 0 Å². The first-order chi connectivity index (χ1) is 8.99. The maximum atomic E-state index is 11.5. The molecule has 0 radical (unpaired) electrons. The van der Waals surface area contributed by atoms with E-state index < -0.39 is 9.84 Å². The van der Waals surface area contributed by atoms with Crippen LogP contribution in [0.2, 0.25) is 0 Å². The lowest BCUT2D eigenvalue weighted by Crippen LogP contribution is -1.94. The average Bonchev–Trinajstić information content (AvgIpc) is 2.89. The van der Waals surface area contributed by atoms with E-state index in [1.54, 1.807) is 7.11 Å². The van der Waals surface area contributed by atoms with E-state index >= 15 is 0 Å². The Hall–Kier alpha value is -1.59. The van der Waals surface area contributed by atoms with Crippen LogP contribution in [0, 0.1) is 0 Å². The molecule has 1 heterocycles. The molecule has 1 aromatic carbocycles. The number of ether oxygens (including phenoxy) is 1. The zero-order valence-electron chi connectivity index (χ0n) is 10.7. The van der Waals surface area contributed by atoms with Gasteiger partial charge in [-0.1, -0.05) is 18.2 Å². The molecule has 0 spiro atoms. The molecule has 0 unspecified atom stereocenters. The van der Waals surface area contributed by atoms with Crippen LogP contribution in [-0.2, 0) is 9.84 Å². The summed E-state index contributed by atoms with van der Waals surface area (Å²) in [6.45, 7) is 0. The van der Waals surface area contributed by atoms with Gasteiger partial charge in [0.25, 0.3) is 0 Å². The largest absolute Gasteiger partial charge is 0.497 e. The molecule has 0 aliphatic rings. The highest BCUT2D eigenvalue weighted by molar-refractivity contribution is 7.93. The summed E-state index contributed by atoms with van der Waals surface area (Å²) in [5.41, 5.74) is 1.56. The normalized spacial score (nSPS) is 12.4. The smallest absolute Gasteiger partial charge is 0.169 e. The number of thiophene rings is 1. The molecule has 2 aromatic rings. The molecular weight excluding hydrogens is 280 g/mol. The van der Waals surface area contributed by atoms with E-state index in [0.29, 0.717) is 5.57 Å². The second-order valence-corrected chi connectivity index (χ2v) is 6.91. The minimum atomic E-state index is -3.20. The highest BCUT2D eigenvalue weighted by Gasteiger charge is 2.10. The van der Waals surface area contributed by atoms with Crippen molar-refractivity contribution in [1.82, 2.24) is 0 Å². The van der Waals surface area contributed by atoms with Crippen LogP contribution in [0.4, 0.5) is 0 Å². The Morgan fingerprint density at radius 2 is 1.89 bits per heavy atom. The standard InChI is InChI=1S/C14H14O3S2/c1-17-12-7-5-11(6-8-12)13(10-19(2,15)16)14-4-3-9-18-14/h3-10H,1-2H3/b13-10+. The maximum absolute atomic E-state index is 11.5. The third-order valence-corrected chi connectivity index (χ3v) is 4.09. The maximum Gasteiger partial charge on any atom is 0.169 e. The van der Waals surface area contributed by atoms with Gasteiger partial charge in [0, 0.05) is 22.1 Å². The summed E-state index contributed by atoms with van der Waals surface area (Å²) in [5.74, 6) is 0.744. The van der Waals surface area contributed by atoms with Gasteiger partial charge >= 0.3 is 0 Å². The molecule has 0 amide bonds. The molecular formula is C14H14O3S2. The van der Waals surface area contributed by atoms with Crippen LogP contribution in [0.25, 0.3) is 5.57 Å². The first-order valence-electron chi connectivity index (χ1n) is 5.59. The van der Waals surface area contributed by atoms with Gasteiger partial charge in [0.05, 0.1) is 7.11 Å². The summed E-state index contributed by atoms with van der Waals surface area (Å²) in [5, 5.41) is 3.23. The molecule has 0 bridgehead atoms. The number of methoxy groups -OCH3 is 1. The van der Waals surface area contributed by atoms with Gasteiger partial charge < -0.3 is 4.74 Å². The molecule has 0 N–H and O–H groups in total. The highest BCUT2D eigenvalue weighted by atomic mass is 32.2. The third-order valence-electron chi connectivity index (χ3n) is 2.52. The third kappa shape index (κ3) is 3.68. The molecule has 19 heavy (non-hydrogen) atoms. The molecule has 3 nitrogen and oxygen atoms in total. The Balaban J connectivity index is 2.52. The number of hydrogen-bond donors (Lipinski definition) is 0. The Kier molecular flexibility index (Phi) is 4.07. The quantitative estimate of drug-likeness (QED) is 0.870. The van der Waals surface area contributed by atoms with Gasteiger partial charge in [-0.15, -0.1) is 11.3 Å². The fourth-order valence-corrected chi connectivity index (χ4v) is 3.22. The Bertz CT molecular complexity index is 666. The second-order valence-electron chi connectivity index (χ2n) is 4.07. The van der Waals surface area contributed by atoms with Crippen LogP contribution in [-0.4, -0.2) is 21.8 Å². The van der Waals surface area contributed by atoms with Gasteiger partial charge in [0.2, 0.25) is 0 Å². The summed E-state index contributed by atoms with van der Waals surface area (Å²) >= 11 is 1.51. The van der Waals surface area contributed by atoms with E-state index in [4.69, 9.17) is 4.74 Å². The number of rotatable bonds is 4. The molecule has 0 aliphatic carbocycles. The van der Waals surface area contributed by atoms with Crippen LogP contribution in [0.1, 0.15) is 10.4 Å². The fraction of sp³-hybridized carbons (Fsp3) is 0.143. The van der Waals surface area contributed by atoms with E-state index in [9.17, 15) is 8.42 Å². The Labute approximate surface area is 117 Å². The first-order valence-corrected chi connectivity index (χ1v) is 8.43. The zero-order chi connectivity index (χ0) is 13.9. The van der Waals surface area contributed by atoms with Crippen molar-refractivity contribution in [2.24, 2.45) is 0 Å². The molecule has 5 heteroatoms. The molecule has 100 valence electrons. The summed E-state index contributed by atoms with van der Waals surface area (Å²) < 4.78 is 28.2. The second kappa shape index (κ2) is 5.59. The molecule has 0 fully saturated rings. The van der Waals surface area contributed by atoms with Crippen LogP contribution < -0.4 is 4.74 Å². The van der Waals surface area contributed by atoms with Crippen molar-refractivity contribution in [3.63, 3.8) is 0 Å². The number of benzene rings is 1. The van der Waals surface area contributed by atoms with Gasteiger partial charge in [0.15, 0.2) is 9.84 Å². The molecule has 0 atom stereocenters. The molecule has 0 saturated heterocycles. The van der Waals surface area contributed by atoms with Crippen LogP contribution >= 0.6 is 11.3 Å². The van der Waals surface area contributed by atoms with E-state index in [2.05, 4.69) is 0 Å². The summed E-state index contributed by atoms with van der Waals surface area (Å²) in [4.78, 5) is 0.926. The van der Waals surface area contributed by atoms with Crippen LogP contribution in [0.15, 0.2) is 47.2 Å². The summed E-state index contributed by atoms with van der Waals surface area (Å²) in [7, 11) is -1.60. The minimum absolute atomic E-state index is 0.708. The van der Waals surface area contributed by atoms with Gasteiger partial charge in [0.1, 0.15) is 5.75 Å². The molecule has 1 aromatic heterocycles. The van der Waals surface area contributed by atoms with E-state index in [1.165, 1.54) is 23.0 Å². The summed E-state index contributed by atoms with van der Waals surface area (Å²) in [6.07, 6.45) is 1.20. The topological polar surface area (TPSA) is 43.4 Å². The average molecular weight is 294 g/mol. The van der Waals surface area contributed by atoms with Crippen LogP contribution in [0.3, 0.4) is 0 Å². The lowest BCUT2D eigenvalue weighted by Gasteiger charge is -2.07. The van der Waals surface area contributed by atoms with Crippen molar-refractivity contribution in [1.29, 1.82) is 0 Å². The molecule has 0 aliphatic heterocycles. The minimum Gasteiger partial charge on any atom is -0.497 e. The van der Waals surface area contributed by atoms with Gasteiger partial charge in [-0.05, 0) is 29.1 Å². The SMILES string of the molecule is COc1ccc(/C(=C\S(C)(=O)=O)c2cccs2)cc1. The lowest BCUT2D eigenvalue weighted by molar-refractivity contribution is 0.415. The number of hydrogen-bond acceptors (Lipinski definition) is 4. The van der Waals surface area contributed by atoms with E-state index in [1.807, 2.05) is 41.8 Å². The van der Waals surface area contributed by atoms with Gasteiger partial charge in [-0.3, -0.25) is 0 Å². The van der Waals surface area contributed by atoms with E-state index in [0.717, 1.165) is 16.2 Å². The monoisotopic (exact) mass is 294 g/mol. The lowest BCUT2D eigenvalue weighted by atomic mass is 10.1. The van der Waals surface area contributed by atoms with Crippen molar-refractivity contribution in [3.05, 3.63) is 57.6 Å². The van der Waals surface area contributed by atoms with Crippen molar-refractivity contribution in [3.8, 4) is 5.75 Å². The Morgan fingerprint density at radius 1 is 1.21 bits per heavy atom. The Morgan fingerprint density at radius 3 is 2.37 bits per heavy atom. The van der Waals surface area contributed by atoms with Crippen LogP contribution in [0.5, 0.6) is 5.75 Å². The molecule has 2 rings (SSSR count). The van der Waals surface area contributed by atoms with Gasteiger partial charge in [-0.2, -0.15) is 0 Å². The highest BCUT2D eigenvalue weighted by Crippen LogP contribution is 2.29. The van der Waals surface area contributed by atoms with Crippen molar-refractivity contribution in [2.45, 2.75) is 0 Å². The fourth-order valence-electron chi connectivity index (χ4n) is 1.68. The predicted molar refractivity (Wildman–Crippen MR) is 79.2 cm³/mol. The van der Waals surface area contributed by atoms with Crippen molar-refractivity contribution in [2.75, 3.05) is 13.4 Å². The van der Waals surface area contributed by atoms with Crippen molar-refractivity contribution >= 4 is 26.7 Å². The zero-order valence-corrected chi connectivity index (χ0v) is 12.3. The number of sulfone groups is 1. The molecule has 0 saturated carbocycles. The first kappa shape index (κ1) is 13.8. The predicted octanol–water partition coefficient (Wildman–Crippen LogP) is 3.19. The van der Waals surface area contributed by atoms with Gasteiger partial charge in [-0.25, -0.2) is 8.42 Å².